The number of carboxylic acids is 1. The molecular formula is C14H17NO3. The maximum Gasteiger partial charge on any atom is 0.306 e. The maximum atomic E-state index is 10.8. The second-order valence-corrected chi connectivity index (χ2v) is 4.73. The van der Waals surface area contributed by atoms with Crippen LogP contribution in [0.2, 0.25) is 0 Å². The molecule has 1 aliphatic rings. The predicted octanol–water partition coefficient (Wildman–Crippen LogP) is 2.12. The van der Waals surface area contributed by atoms with E-state index in [0.717, 1.165) is 11.1 Å². The van der Waals surface area contributed by atoms with E-state index in [1.54, 1.807) is 6.92 Å². The smallest absolute Gasteiger partial charge is 0.306 e. The van der Waals surface area contributed by atoms with E-state index in [0.29, 0.717) is 18.9 Å². The number of carbonyl (C=O) groups is 1. The Morgan fingerprint density at radius 1 is 1.50 bits per heavy atom. The molecule has 0 fully saturated rings. The van der Waals surface area contributed by atoms with Gasteiger partial charge in [-0.3, -0.25) is 4.79 Å². The number of aliphatic carboxylic acids is 1. The van der Waals surface area contributed by atoms with Gasteiger partial charge in [0.15, 0.2) is 0 Å². The monoisotopic (exact) mass is 247 g/mol. The Kier molecular flexibility index (Phi) is 3.65. The highest BCUT2D eigenvalue weighted by atomic mass is 16.5. The van der Waals surface area contributed by atoms with Crippen molar-refractivity contribution in [3.63, 3.8) is 0 Å². The first-order valence-corrected chi connectivity index (χ1v) is 6.09. The number of aliphatic imine (C=N–C) groups is 1. The lowest BCUT2D eigenvalue weighted by molar-refractivity contribution is -0.141. The molecule has 0 radical (unpaired) electrons. The highest BCUT2D eigenvalue weighted by Gasteiger charge is 2.16. The lowest BCUT2D eigenvalue weighted by Crippen LogP contribution is -2.12. The summed E-state index contributed by atoms with van der Waals surface area (Å²) >= 11 is 0. The predicted molar refractivity (Wildman–Crippen MR) is 68.9 cm³/mol. The molecule has 2 unspecified atom stereocenters. The van der Waals surface area contributed by atoms with E-state index in [4.69, 9.17) is 9.84 Å². The number of hydrogen-bond acceptors (Lipinski definition) is 3. The van der Waals surface area contributed by atoms with Gasteiger partial charge in [0.25, 0.3) is 0 Å². The third-order valence-corrected chi connectivity index (χ3v) is 2.96. The molecule has 0 bridgehead atoms. The lowest BCUT2D eigenvalue weighted by atomic mass is 10.0. The van der Waals surface area contributed by atoms with Gasteiger partial charge < -0.3 is 9.84 Å². The van der Waals surface area contributed by atoms with E-state index in [9.17, 15) is 4.79 Å². The van der Waals surface area contributed by atoms with Gasteiger partial charge in [-0.1, -0.05) is 19.1 Å². The highest BCUT2D eigenvalue weighted by molar-refractivity contribution is 5.95. The molecule has 2 atom stereocenters. The quantitative estimate of drug-likeness (QED) is 0.886. The van der Waals surface area contributed by atoms with E-state index in [1.807, 2.05) is 31.2 Å². The van der Waals surface area contributed by atoms with Crippen molar-refractivity contribution in [1.82, 2.24) is 0 Å². The second kappa shape index (κ2) is 5.21. The van der Waals surface area contributed by atoms with Gasteiger partial charge in [0.2, 0.25) is 5.90 Å². The van der Waals surface area contributed by atoms with Crippen LogP contribution in [0.25, 0.3) is 0 Å². The van der Waals surface area contributed by atoms with Crippen molar-refractivity contribution in [2.24, 2.45) is 10.9 Å². The van der Waals surface area contributed by atoms with E-state index in [-0.39, 0.29) is 12.0 Å². The minimum atomic E-state index is -0.767. The Hall–Kier alpha value is -1.84. The summed E-state index contributed by atoms with van der Waals surface area (Å²) in [5, 5.41) is 8.86. The van der Waals surface area contributed by atoms with Gasteiger partial charge in [-0.05, 0) is 31.0 Å². The summed E-state index contributed by atoms with van der Waals surface area (Å²) in [4.78, 5) is 15.2. The Balaban J connectivity index is 2.06. The first-order chi connectivity index (χ1) is 8.56. The standard InChI is InChI=1S/C14H17NO3/c1-9(14(16)17)7-11-3-5-12(6-4-11)13-15-10(2)8-18-13/h3-6,9-10H,7-8H2,1-2H3,(H,16,17). The summed E-state index contributed by atoms with van der Waals surface area (Å²) in [6, 6.07) is 7.95. The summed E-state index contributed by atoms with van der Waals surface area (Å²) in [6.07, 6.45) is 0.541. The van der Waals surface area contributed by atoms with Gasteiger partial charge in [0, 0.05) is 5.56 Å². The number of nitrogens with zero attached hydrogens (tertiary/aromatic N) is 1. The largest absolute Gasteiger partial charge is 0.481 e. The average Bonchev–Trinajstić information content (AvgIpc) is 2.76. The van der Waals surface area contributed by atoms with E-state index >= 15 is 0 Å². The van der Waals surface area contributed by atoms with Crippen molar-refractivity contribution in [1.29, 1.82) is 0 Å². The molecule has 1 aliphatic heterocycles. The van der Waals surface area contributed by atoms with Gasteiger partial charge in [-0.25, -0.2) is 4.99 Å². The normalized spacial score (nSPS) is 20.1. The van der Waals surface area contributed by atoms with E-state index < -0.39 is 5.97 Å². The fourth-order valence-electron chi connectivity index (χ4n) is 1.86. The van der Waals surface area contributed by atoms with Gasteiger partial charge >= 0.3 is 5.97 Å². The van der Waals surface area contributed by atoms with Crippen LogP contribution in [0.15, 0.2) is 29.3 Å². The third kappa shape index (κ3) is 2.88. The summed E-state index contributed by atoms with van der Waals surface area (Å²) in [5.41, 5.74) is 1.96. The molecule has 1 heterocycles. The third-order valence-electron chi connectivity index (χ3n) is 2.96. The van der Waals surface area contributed by atoms with Crippen molar-refractivity contribution in [2.45, 2.75) is 26.3 Å². The molecule has 2 rings (SSSR count). The first-order valence-electron chi connectivity index (χ1n) is 6.09. The van der Waals surface area contributed by atoms with Gasteiger partial charge in [0.05, 0.1) is 12.0 Å². The molecule has 0 aliphatic carbocycles. The fourth-order valence-corrected chi connectivity index (χ4v) is 1.86. The summed E-state index contributed by atoms with van der Waals surface area (Å²) < 4.78 is 5.47. The molecule has 1 N–H and O–H groups in total. The Morgan fingerprint density at radius 3 is 2.67 bits per heavy atom. The van der Waals surface area contributed by atoms with Crippen molar-refractivity contribution in [2.75, 3.05) is 6.61 Å². The van der Waals surface area contributed by atoms with Crippen LogP contribution in [0.1, 0.15) is 25.0 Å². The van der Waals surface area contributed by atoms with Crippen molar-refractivity contribution in [3.05, 3.63) is 35.4 Å². The Morgan fingerprint density at radius 2 is 2.17 bits per heavy atom. The zero-order valence-corrected chi connectivity index (χ0v) is 10.6. The molecule has 4 heteroatoms. The summed E-state index contributed by atoms with van der Waals surface area (Å²) in [7, 11) is 0. The minimum absolute atomic E-state index is 0.215. The molecule has 18 heavy (non-hydrogen) atoms. The van der Waals surface area contributed by atoms with Crippen LogP contribution in [0.5, 0.6) is 0 Å². The maximum absolute atomic E-state index is 10.8. The molecule has 1 aromatic rings. The number of benzene rings is 1. The fraction of sp³-hybridized carbons (Fsp3) is 0.429. The second-order valence-electron chi connectivity index (χ2n) is 4.73. The van der Waals surface area contributed by atoms with Crippen LogP contribution >= 0.6 is 0 Å². The van der Waals surface area contributed by atoms with Crippen LogP contribution < -0.4 is 0 Å². The van der Waals surface area contributed by atoms with Gasteiger partial charge in [0.1, 0.15) is 6.61 Å². The zero-order valence-electron chi connectivity index (χ0n) is 10.6. The number of ether oxygens (including phenoxy) is 1. The molecule has 0 amide bonds. The molecule has 0 saturated heterocycles. The molecule has 1 aromatic carbocycles. The topological polar surface area (TPSA) is 58.9 Å². The molecule has 4 nitrogen and oxygen atoms in total. The van der Waals surface area contributed by atoms with Crippen LogP contribution in [0, 0.1) is 5.92 Å². The van der Waals surface area contributed by atoms with Crippen LogP contribution in [-0.4, -0.2) is 29.6 Å². The Labute approximate surface area is 106 Å². The molecule has 0 saturated carbocycles. The van der Waals surface area contributed by atoms with Gasteiger partial charge in [-0.15, -0.1) is 0 Å². The van der Waals surface area contributed by atoms with Crippen LogP contribution in [0.3, 0.4) is 0 Å². The van der Waals surface area contributed by atoms with Crippen molar-refractivity contribution in [3.8, 4) is 0 Å². The highest BCUT2D eigenvalue weighted by Crippen LogP contribution is 2.15. The SMILES string of the molecule is CC1COC(c2ccc(CC(C)C(=O)O)cc2)=N1. The van der Waals surface area contributed by atoms with E-state index in [1.165, 1.54) is 0 Å². The molecular weight excluding hydrogens is 230 g/mol. The molecule has 96 valence electrons. The van der Waals surface area contributed by atoms with E-state index in [2.05, 4.69) is 4.99 Å². The average molecular weight is 247 g/mol. The number of rotatable bonds is 4. The first kappa shape index (κ1) is 12.6. The molecule has 0 aromatic heterocycles. The van der Waals surface area contributed by atoms with Gasteiger partial charge in [-0.2, -0.15) is 0 Å². The van der Waals surface area contributed by atoms with Crippen molar-refractivity contribution >= 4 is 11.9 Å². The van der Waals surface area contributed by atoms with Crippen molar-refractivity contribution < 1.29 is 14.6 Å². The summed E-state index contributed by atoms with van der Waals surface area (Å²) in [5.74, 6) is -0.451. The minimum Gasteiger partial charge on any atom is -0.481 e. The Bertz CT molecular complexity index is 464. The van der Waals surface area contributed by atoms with Crippen LogP contribution in [-0.2, 0) is 16.0 Å². The molecule has 0 spiro atoms. The summed E-state index contributed by atoms with van der Waals surface area (Å²) in [6.45, 7) is 4.35. The lowest BCUT2D eigenvalue weighted by Gasteiger charge is -2.07. The number of carboxylic acid groups (broad SMARTS) is 1. The zero-order chi connectivity index (χ0) is 13.1. The van der Waals surface area contributed by atoms with Crippen LogP contribution in [0.4, 0.5) is 0 Å². The number of hydrogen-bond donors (Lipinski definition) is 1.